The van der Waals surface area contributed by atoms with Crippen LogP contribution in [0.15, 0.2) is 102 Å². The van der Waals surface area contributed by atoms with E-state index in [9.17, 15) is 12.8 Å². The van der Waals surface area contributed by atoms with E-state index in [-0.39, 0.29) is 41.8 Å². The van der Waals surface area contributed by atoms with Crippen molar-refractivity contribution < 1.29 is 26.7 Å². The highest BCUT2D eigenvalue weighted by molar-refractivity contribution is 7.91. The highest BCUT2D eigenvalue weighted by atomic mass is 35.5. The summed E-state index contributed by atoms with van der Waals surface area (Å²) in [5.74, 6) is -0.170. The lowest BCUT2D eigenvalue weighted by molar-refractivity contribution is 0.135. The number of halogens is 3. The minimum absolute atomic E-state index is 0.00697. The van der Waals surface area contributed by atoms with E-state index in [0.717, 1.165) is 0 Å². The van der Waals surface area contributed by atoms with Crippen molar-refractivity contribution in [2.45, 2.75) is 18.1 Å². The molecular formula is C33H25ClF2N4O4S2. The van der Waals surface area contributed by atoms with Crippen molar-refractivity contribution in [2.24, 2.45) is 0 Å². The molecule has 0 radical (unpaired) electrons. The van der Waals surface area contributed by atoms with Crippen molar-refractivity contribution in [3.63, 3.8) is 0 Å². The second-order valence-electron chi connectivity index (χ2n) is 10.1. The van der Waals surface area contributed by atoms with Gasteiger partial charge in [-0.1, -0.05) is 41.9 Å². The number of nitrogens with one attached hydrogen (secondary N) is 1. The van der Waals surface area contributed by atoms with Gasteiger partial charge in [0, 0.05) is 28.1 Å². The topological polar surface area (TPSA) is 103 Å². The van der Waals surface area contributed by atoms with Crippen LogP contribution < -0.4 is 10.1 Å². The molecule has 13 heteroatoms. The van der Waals surface area contributed by atoms with E-state index in [1.54, 1.807) is 72.1 Å². The average Bonchev–Trinajstić information content (AvgIpc) is 3.52. The number of rotatable bonds is 12. The van der Waals surface area contributed by atoms with Gasteiger partial charge in [0.25, 0.3) is 0 Å². The Kier molecular flexibility index (Phi) is 9.50. The second kappa shape index (κ2) is 13.9. The van der Waals surface area contributed by atoms with Crippen LogP contribution >= 0.6 is 22.9 Å². The zero-order valence-corrected chi connectivity index (χ0v) is 26.4. The summed E-state index contributed by atoms with van der Waals surface area (Å²) in [7, 11) is -3.46. The minimum Gasteiger partial charge on any atom is -0.487 e. The Morgan fingerprint density at radius 1 is 0.913 bits per heavy atom. The van der Waals surface area contributed by atoms with Gasteiger partial charge < -0.3 is 14.8 Å². The number of ether oxygens (including phenoxy) is 2. The summed E-state index contributed by atoms with van der Waals surface area (Å²) >= 11 is 7.75. The molecule has 0 unspecified atom stereocenters. The van der Waals surface area contributed by atoms with Gasteiger partial charge in [-0.3, -0.25) is 0 Å². The number of hydrogen-bond donors (Lipinski definition) is 1. The molecule has 0 saturated heterocycles. The van der Waals surface area contributed by atoms with Crippen molar-refractivity contribution in [1.29, 1.82) is 0 Å². The zero-order chi connectivity index (χ0) is 32.1. The molecule has 1 N–H and O–H groups in total. The van der Waals surface area contributed by atoms with Crippen LogP contribution in [-0.2, 0) is 27.8 Å². The highest BCUT2D eigenvalue weighted by Crippen LogP contribution is 2.34. The molecule has 6 rings (SSSR count). The van der Waals surface area contributed by atoms with E-state index in [1.807, 2.05) is 0 Å². The molecule has 0 fully saturated rings. The van der Waals surface area contributed by atoms with Crippen molar-refractivity contribution in [3.05, 3.63) is 124 Å². The third-order valence-electron chi connectivity index (χ3n) is 6.85. The van der Waals surface area contributed by atoms with Gasteiger partial charge in [0.15, 0.2) is 9.84 Å². The molecule has 2 heterocycles. The van der Waals surface area contributed by atoms with Crippen LogP contribution in [0.1, 0.15) is 10.6 Å². The fraction of sp³-hybridized carbons (Fsp3) is 0.121. The van der Waals surface area contributed by atoms with Crippen LogP contribution in [0.4, 0.5) is 20.3 Å². The Morgan fingerprint density at radius 3 is 2.57 bits per heavy atom. The van der Waals surface area contributed by atoms with E-state index in [1.165, 1.54) is 35.9 Å². The van der Waals surface area contributed by atoms with E-state index in [0.29, 0.717) is 49.4 Å². The molecule has 0 atom stereocenters. The largest absolute Gasteiger partial charge is 0.487 e. The van der Waals surface area contributed by atoms with Gasteiger partial charge in [-0.25, -0.2) is 32.2 Å². The number of anilines is 2. The van der Waals surface area contributed by atoms with Crippen LogP contribution in [0.25, 0.3) is 22.2 Å². The molecule has 0 aliphatic rings. The maximum Gasteiger partial charge on any atom is 0.180 e. The molecule has 0 aliphatic heterocycles. The molecule has 2 aromatic heterocycles. The van der Waals surface area contributed by atoms with Gasteiger partial charge in [0.1, 0.15) is 41.1 Å². The average molecular weight is 679 g/mol. The Morgan fingerprint density at radius 2 is 1.76 bits per heavy atom. The molecule has 4 aromatic carbocycles. The van der Waals surface area contributed by atoms with Crippen LogP contribution in [0.5, 0.6) is 5.75 Å². The number of fused-ring (bicyclic) bond motifs is 1. The van der Waals surface area contributed by atoms with Crippen molar-refractivity contribution in [2.75, 3.05) is 17.7 Å². The van der Waals surface area contributed by atoms with Crippen molar-refractivity contribution in [3.8, 4) is 17.0 Å². The number of benzene rings is 4. The maximum atomic E-state index is 15.2. The first-order valence-corrected chi connectivity index (χ1v) is 16.8. The Bertz CT molecular complexity index is 2110. The number of nitrogens with zero attached hydrogens (tertiary/aromatic N) is 3. The predicted octanol–water partition coefficient (Wildman–Crippen LogP) is 8.00. The molecular weight excluding hydrogens is 654 g/mol. The smallest absolute Gasteiger partial charge is 0.180 e. The molecule has 0 bridgehead atoms. The predicted molar refractivity (Wildman–Crippen MR) is 174 cm³/mol. The first-order valence-electron chi connectivity index (χ1n) is 13.9. The van der Waals surface area contributed by atoms with E-state index < -0.39 is 15.7 Å². The first kappa shape index (κ1) is 31.5. The summed E-state index contributed by atoms with van der Waals surface area (Å²) in [5, 5.41) is 6.38. The summed E-state index contributed by atoms with van der Waals surface area (Å²) in [5.41, 5.74) is 2.31. The number of thiazole rings is 1. The maximum absolute atomic E-state index is 15.2. The Hall–Kier alpha value is -4.49. The lowest BCUT2D eigenvalue weighted by Crippen LogP contribution is -2.12. The van der Waals surface area contributed by atoms with Crippen molar-refractivity contribution in [1.82, 2.24) is 15.0 Å². The third-order valence-corrected chi connectivity index (χ3v) is 9.67. The van der Waals surface area contributed by atoms with E-state index in [4.69, 9.17) is 21.1 Å². The normalized spacial score (nSPS) is 11.5. The van der Waals surface area contributed by atoms with Crippen LogP contribution in [-0.4, -0.2) is 35.7 Å². The fourth-order valence-electron chi connectivity index (χ4n) is 4.57. The van der Waals surface area contributed by atoms with E-state index in [2.05, 4.69) is 20.3 Å². The standard InChI is InChI=1S/C33H25ClF2N4O4S2/c34-27-14-23(9-10-31(27)44-17-21-5-4-6-22(35)13-21)39-33-26-15-25(28(36)16-29(26)37-20-38-33)30-19-45-32(40-30)18-43-11-12-46(41,42)24-7-2-1-3-8-24/h1-10,13-16,19-20H,11-12,17-18H2,(H,37,38,39). The molecule has 0 amide bonds. The zero-order valence-electron chi connectivity index (χ0n) is 24.0. The lowest BCUT2D eigenvalue weighted by atomic mass is 10.1. The molecule has 0 spiro atoms. The minimum atomic E-state index is -3.46. The second-order valence-corrected chi connectivity index (χ2v) is 13.5. The first-order chi connectivity index (χ1) is 22.2. The molecule has 8 nitrogen and oxygen atoms in total. The quantitative estimate of drug-likeness (QED) is 0.130. The SMILES string of the molecule is O=S(=O)(CCOCc1nc(-c2cc3c(Nc4ccc(OCc5cccc(F)c5)c(Cl)c4)ncnc3cc2F)cs1)c1ccccc1. The Balaban J connectivity index is 1.13. The van der Waals surface area contributed by atoms with E-state index >= 15 is 4.39 Å². The van der Waals surface area contributed by atoms with Crippen LogP contribution in [0.3, 0.4) is 0 Å². The highest BCUT2D eigenvalue weighted by Gasteiger charge is 2.16. The number of sulfone groups is 1. The van der Waals surface area contributed by atoms with Crippen molar-refractivity contribution >= 4 is 55.2 Å². The Labute approximate surface area is 272 Å². The van der Waals surface area contributed by atoms with Gasteiger partial charge in [0.05, 0.1) is 40.1 Å². The summed E-state index contributed by atoms with van der Waals surface area (Å²) < 4.78 is 65.0. The van der Waals surface area contributed by atoms with Gasteiger partial charge >= 0.3 is 0 Å². The summed E-state index contributed by atoms with van der Waals surface area (Å²) in [4.78, 5) is 13.3. The summed E-state index contributed by atoms with van der Waals surface area (Å²) in [6.07, 6.45) is 1.33. The van der Waals surface area contributed by atoms with Gasteiger partial charge in [0.2, 0.25) is 0 Å². The molecule has 46 heavy (non-hydrogen) atoms. The summed E-state index contributed by atoms with van der Waals surface area (Å²) in [6.45, 7) is 0.228. The van der Waals surface area contributed by atoms with Gasteiger partial charge in [-0.05, 0) is 54.1 Å². The third kappa shape index (κ3) is 7.48. The van der Waals surface area contributed by atoms with Gasteiger partial charge in [-0.15, -0.1) is 11.3 Å². The molecule has 234 valence electrons. The van der Waals surface area contributed by atoms with Crippen LogP contribution in [0.2, 0.25) is 5.02 Å². The lowest BCUT2D eigenvalue weighted by Gasteiger charge is -2.12. The van der Waals surface area contributed by atoms with Crippen LogP contribution in [0, 0.1) is 11.6 Å². The fourth-order valence-corrected chi connectivity index (χ4v) is 6.68. The number of aromatic nitrogens is 3. The molecule has 0 saturated carbocycles. The summed E-state index contributed by atoms with van der Waals surface area (Å²) in [6, 6.07) is 22.4. The molecule has 6 aromatic rings. The molecule has 0 aliphatic carbocycles. The van der Waals surface area contributed by atoms with Gasteiger partial charge in [-0.2, -0.15) is 0 Å². The monoisotopic (exact) mass is 678 g/mol. The number of hydrogen-bond acceptors (Lipinski definition) is 9.